The van der Waals surface area contributed by atoms with Gasteiger partial charge in [-0.2, -0.15) is 5.10 Å². The fourth-order valence-corrected chi connectivity index (χ4v) is 8.60. The number of aryl methyl sites for hydroxylation is 2. The van der Waals surface area contributed by atoms with E-state index in [0.717, 1.165) is 96.8 Å². The highest BCUT2D eigenvalue weighted by Crippen LogP contribution is 2.27. The first kappa shape index (κ1) is 58.5. The van der Waals surface area contributed by atoms with Crippen LogP contribution in [0, 0.1) is 13.8 Å². The number of rotatable bonds is 14. The van der Waals surface area contributed by atoms with Crippen LogP contribution in [-0.2, 0) is 23.9 Å². The van der Waals surface area contributed by atoms with Gasteiger partial charge in [-0.05, 0) is 126 Å². The molecule has 0 unspecified atom stereocenters. The molecule has 2 aliphatic heterocycles. The minimum Gasteiger partial charge on any atom is -0.476 e. The number of carbonyl (C=O) groups is 2. The van der Waals surface area contributed by atoms with Crippen LogP contribution in [0.4, 0.5) is 17.6 Å². The predicted octanol–water partition coefficient (Wildman–Crippen LogP) is 8.83. The van der Waals surface area contributed by atoms with Crippen LogP contribution < -0.4 is 27.4 Å². The minimum atomic E-state index is -1.06. The first-order valence-corrected chi connectivity index (χ1v) is 26.6. The van der Waals surface area contributed by atoms with E-state index in [0.29, 0.717) is 54.3 Å². The smallest absolute Gasteiger partial charge is 0.358 e. The summed E-state index contributed by atoms with van der Waals surface area (Å²) in [7, 11) is 4.30. The molecule has 0 saturated carbocycles. The number of amides is 1. The van der Waals surface area contributed by atoms with E-state index >= 15 is 0 Å². The summed E-state index contributed by atoms with van der Waals surface area (Å²) in [5, 5.41) is 29.8. The van der Waals surface area contributed by atoms with Gasteiger partial charge >= 0.3 is 5.97 Å². The second kappa shape index (κ2) is 26.5. The molecule has 2 saturated heterocycles. The SMILES string of the molecule is CC(C)(C)c1cc(C(=O)O)no1.Cc1cc(-c2ccnc(NC(C=NC3CCN(C)CC3)=CN)n2)ccc1CNC(=O)c1cc(C(C)(C)C)on1.Cc1cc(-c2ccnc(Nc3cnn(C4CCN(C)CC4)c3)n2)ccc1CN. The van der Waals surface area contributed by atoms with Crippen LogP contribution in [0.2, 0.25) is 0 Å². The van der Waals surface area contributed by atoms with Crippen LogP contribution >= 0.6 is 0 Å². The Labute approximate surface area is 462 Å². The summed E-state index contributed by atoms with van der Waals surface area (Å²) < 4.78 is 12.3. The number of aromatic nitrogens is 8. The van der Waals surface area contributed by atoms with Crippen molar-refractivity contribution in [1.29, 1.82) is 0 Å². The molecule has 2 fully saturated rings. The van der Waals surface area contributed by atoms with Crippen LogP contribution in [0.1, 0.15) is 128 Å². The Morgan fingerprint density at radius 2 is 1.30 bits per heavy atom. The molecule has 21 heteroatoms. The third-order valence-corrected chi connectivity index (χ3v) is 13.7. The van der Waals surface area contributed by atoms with Crippen molar-refractivity contribution in [2.45, 2.75) is 117 Å². The van der Waals surface area contributed by atoms with Crippen LogP contribution in [0.3, 0.4) is 0 Å². The molecular weight excluding hydrogens is 1000 g/mol. The van der Waals surface area contributed by atoms with Gasteiger partial charge in [0, 0.05) is 78.2 Å². The molecule has 0 bridgehead atoms. The Morgan fingerprint density at radius 1 is 0.759 bits per heavy atom. The number of carboxylic acid groups (broad SMARTS) is 1. The van der Waals surface area contributed by atoms with Crippen LogP contribution in [-0.4, -0.2) is 119 Å². The Hall–Kier alpha value is -8.14. The molecule has 5 aromatic heterocycles. The summed E-state index contributed by atoms with van der Waals surface area (Å²) in [4.78, 5) is 50.4. The molecule has 7 heterocycles. The van der Waals surface area contributed by atoms with Gasteiger partial charge in [0.2, 0.25) is 11.9 Å². The summed E-state index contributed by atoms with van der Waals surface area (Å²) >= 11 is 0. The highest BCUT2D eigenvalue weighted by Gasteiger charge is 2.24. The zero-order valence-electron chi connectivity index (χ0n) is 47.1. The normalized spacial score (nSPS) is 15.0. The Morgan fingerprint density at radius 3 is 1.84 bits per heavy atom. The standard InChI is InChI=1S/C29H38N8O2.C21H27N7.C8H11NO3/c1-19-14-20(6-7-21(19)17-33-27(38)25-15-26(39-36-25)29(2,3)4)24-8-11-31-28(35-24)34-23(16-30)18-32-22-9-12-37(5)13-10-22;1-15-11-16(3-4-17(15)12-22)20-5-8-23-21(26-20)25-18-13-24-28(14-18)19-6-9-27(2)10-7-19;1-8(2,3)6-4-5(7(10)11)9-12-6/h6-8,11,14-16,18,22H,9-10,12-13,17,30H2,1-5H3,(H,33,38)(H,31,34,35);3-5,8,11,13-14,19H,6-7,9-10,12,22H2,1-2H3,(H,23,25,26);4H,1-3H3,(H,10,11). The number of nitrogens with two attached hydrogens (primary N) is 2. The highest BCUT2D eigenvalue weighted by atomic mass is 16.5. The van der Waals surface area contributed by atoms with Crippen molar-refractivity contribution in [3.8, 4) is 22.5 Å². The molecule has 9 rings (SSSR count). The number of aliphatic imine (C=N–C) groups is 1. The largest absolute Gasteiger partial charge is 0.476 e. The van der Waals surface area contributed by atoms with Crippen molar-refractivity contribution in [2.24, 2.45) is 16.5 Å². The lowest BCUT2D eigenvalue weighted by atomic mass is 9.93. The molecule has 0 aliphatic carbocycles. The fraction of sp³-hybridized carbons (Fsp3) is 0.414. The number of nitrogens with zero attached hydrogens (tertiary/aromatic N) is 11. The van der Waals surface area contributed by atoms with Gasteiger partial charge in [0.05, 0.1) is 41.1 Å². The maximum absolute atomic E-state index is 12.6. The van der Waals surface area contributed by atoms with Crippen LogP contribution in [0.15, 0.2) is 111 Å². The van der Waals surface area contributed by atoms with Crippen LogP contribution in [0.5, 0.6) is 0 Å². The number of anilines is 3. The first-order chi connectivity index (χ1) is 37.6. The van der Waals surface area contributed by atoms with Gasteiger partial charge in [0.1, 0.15) is 11.5 Å². The Bertz CT molecular complexity index is 3200. The third-order valence-electron chi connectivity index (χ3n) is 13.7. The predicted molar refractivity (Wildman–Crippen MR) is 307 cm³/mol. The van der Waals surface area contributed by atoms with Crippen molar-refractivity contribution in [2.75, 3.05) is 50.9 Å². The van der Waals surface area contributed by atoms with E-state index < -0.39 is 5.97 Å². The number of nitrogens with one attached hydrogen (secondary N) is 3. The molecule has 8 N–H and O–H groups in total. The number of carboxylic acids is 1. The Kier molecular flexibility index (Phi) is 19.6. The van der Waals surface area contributed by atoms with Gasteiger partial charge in [0.15, 0.2) is 11.4 Å². The molecule has 0 atom stereocenters. The number of carbonyl (C=O) groups excluding carboxylic acids is 1. The number of hydrogen-bond donors (Lipinski definition) is 6. The number of piperidine rings is 2. The zero-order valence-corrected chi connectivity index (χ0v) is 47.1. The van der Waals surface area contributed by atoms with Crippen molar-refractivity contribution in [3.63, 3.8) is 0 Å². The van der Waals surface area contributed by atoms with E-state index in [2.05, 4.69) is 105 Å². The molecule has 418 valence electrons. The summed E-state index contributed by atoms with van der Waals surface area (Å²) in [5.41, 5.74) is 21.0. The monoisotopic (exact) mass is 1080 g/mol. The summed E-state index contributed by atoms with van der Waals surface area (Å²) in [6.07, 6.45) is 14.9. The topological polar surface area (TPSA) is 283 Å². The first-order valence-electron chi connectivity index (χ1n) is 26.6. The third kappa shape index (κ3) is 16.7. The van der Waals surface area contributed by atoms with Gasteiger partial charge in [-0.25, -0.2) is 24.7 Å². The average molecular weight is 1080 g/mol. The highest BCUT2D eigenvalue weighted by molar-refractivity contribution is 5.92. The second-order valence-electron chi connectivity index (χ2n) is 22.1. The van der Waals surface area contributed by atoms with E-state index in [1.165, 1.54) is 17.8 Å². The van der Waals surface area contributed by atoms with Crippen molar-refractivity contribution in [3.05, 3.63) is 143 Å². The molecule has 79 heavy (non-hydrogen) atoms. The zero-order chi connectivity index (χ0) is 56.9. The maximum atomic E-state index is 12.6. The number of allylic oxidation sites excluding steroid dienone is 1. The molecule has 7 aromatic rings. The number of hydrogen-bond acceptors (Lipinski definition) is 18. The second-order valence-corrected chi connectivity index (χ2v) is 22.1. The van der Waals surface area contributed by atoms with Gasteiger partial charge in [-0.3, -0.25) is 14.5 Å². The molecule has 0 radical (unpaired) electrons. The Balaban J connectivity index is 0.000000195. The molecule has 21 nitrogen and oxygen atoms in total. The summed E-state index contributed by atoms with van der Waals surface area (Å²) in [6.45, 7) is 21.1. The molecular formula is C58H76N16O5. The van der Waals surface area contributed by atoms with Gasteiger partial charge < -0.3 is 51.4 Å². The number of benzene rings is 2. The lowest BCUT2D eigenvalue weighted by Crippen LogP contribution is -2.32. The summed E-state index contributed by atoms with van der Waals surface area (Å²) in [5.74, 6) is 0.934. The lowest BCUT2D eigenvalue weighted by molar-refractivity contribution is 0.0685. The summed E-state index contributed by atoms with van der Waals surface area (Å²) in [6, 6.07) is 19.9. The number of aromatic carboxylic acids is 1. The van der Waals surface area contributed by atoms with E-state index in [9.17, 15) is 9.59 Å². The van der Waals surface area contributed by atoms with E-state index in [4.69, 9.17) is 30.6 Å². The van der Waals surface area contributed by atoms with Gasteiger partial charge in [0.25, 0.3) is 5.91 Å². The fourth-order valence-electron chi connectivity index (χ4n) is 8.60. The minimum absolute atomic E-state index is 0.0417. The van der Waals surface area contributed by atoms with E-state index in [1.54, 1.807) is 24.7 Å². The van der Waals surface area contributed by atoms with Crippen molar-refractivity contribution >= 4 is 35.7 Å². The van der Waals surface area contributed by atoms with Crippen molar-refractivity contribution in [1.82, 2.24) is 55.1 Å². The molecule has 2 aromatic carbocycles. The maximum Gasteiger partial charge on any atom is 0.358 e. The number of likely N-dealkylation sites (tertiary alicyclic amines) is 2. The van der Waals surface area contributed by atoms with Gasteiger partial charge in [-0.15, -0.1) is 0 Å². The molecule has 0 spiro atoms. The molecule has 1 amide bonds. The van der Waals surface area contributed by atoms with Crippen molar-refractivity contribution < 1.29 is 23.7 Å². The molecule has 2 aliphatic rings. The quantitative estimate of drug-likeness (QED) is 0.0555. The van der Waals surface area contributed by atoms with E-state index in [1.807, 2.05) is 91.2 Å². The van der Waals surface area contributed by atoms with Gasteiger partial charge in [-0.1, -0.05) is 76.1 Å². The lowest BCUT2D eigenvalue weighted by Gasteiger charge is -2.28. The van der Waals surface area contributed by atoms with E-state index in [-0.39, 0.29) is 28.1 Å². The average Bonchev–Trinajstić information content (AvgIpc) is 4.24. The van der Waals surface area contributed by atoms with Crippen LogP contribution in [0.25, 0.3) is 22.5 Å².